The van der Waals surface area contributed by atoms with Crippen molar-refractivity contribution in [1.82, 2.24) is 5.32 Å². The molecular formula is C12H16N2O5. The van der Waals surface area contributed by atoms with E-state index in [-0.39, 0.29) is 30.1 Å². The first-order valence-corrected chi connectivity index (χ1v) is 5.76. The number of aliphatic hydroxyl groups is 2. The van der Waals surface area contributed by atoms with Gasteiger partial charge in [0.15, 0.2) is 0 Å². The minimum absolute atomic E-state index is 0.148. The smallest absolute Gasteiger partial charge is 0.269 e. The van der Waals surface area contributed by atoms with E-state index in [1.165, 1.54) is 31.2 Å². The summed E-state index contributed by atoms with van der Waals surface area (Å²) in [6, 6.07) is 5.46. The largest absolute Gasteiger partial charge is 0.390 e. The van der Waals surface area contributed by atoms with Crippen molar-refractivity contribution < 1.29 is 19.9 Å². The molecule has 0 radical (unpaired) electrons. The van der Waals surface area contributed by atoms with Crippen LogP contribution in [0.25, 0.3) is 0 Å². The lowest BCUT2D eigenvalue weighted by atomic mass is 10.0. The summed E-state index contributed by atoms with van der Waals surface area (Å²) in [6.45, 7) is 1.58. The van der Waals surface area contributed by atoms with Gasteiger partial charge < -0.3 is 15.5 Å². The van der Waals surface area contributed by atoms with E-state index < -0.39 is 17.1 Å². The molecule has 0 aliphatic heterocycles. The molecule has 0 aliphatic carbocycles. The Morgan fingerprint density at radius 3 is 2.74 bits per heavy atom. The van der Waals surface area contributed by atoms with Gasteiger partial charge in [-0.1, -0.05) is 12.1 Å². The summed E-state index contributed by atoms with van der Waals surface area (Å²) in [4.78, 5) is 20.7. The summed E-state index contributed by atoms with van der Waals surface area (Å²) in [5, 5.41) is 32.7. The average molecular weight is 268 g/mol. The van der Waals surface area contributed by atoms with Crippen molar-refractivity contribution >= 4 is 11.6 Å². The Balaban J connectivity index is 2.65. The highest BCUT2D eigenvalue weighted by atomic mass is 16.6. The zero-order valence-electron chi connectivity index (χ0n) is 10.4. The molecule has 104 valence electrons. The Morgan fingerprint density at radius 2 is 2.16 bits per heavy atom. The number of hydrogen-bond donors (Lipinski definition) is 3. The highest BCUT2D eigenvalue weighted by Crippen LogP contribution is 2.22. The van der Waals surface area contributed by atoms with Gasteiger partial charge in [-0.3, -0.25) is 14.9 Å². The van der Waals surface area contributed by atoms with Crippen LogP contribution in [0.5, 0.6) is 0 Å². The maximum atomic E-state index is 10.7. The first-order chi connectivity index (χ1) is 8.91. The number of non-ortho nitro benzene ring substituents is 1. The topological polar surface area (TPSA) is 113 Å². The van der Waals surface area contributed by atoms with Crippen LogP contribution in [0.1, 0.15) is 25.0 Å². The number of rotatable bonds is 6. The monoisotopic (exact) mass is 268 g/mol. The van der Waals surface area contributed by atoms with Gasteiger partial charge in [0.05, 0.1) is 11.0 Å². The molecular weight excluding hydrogens is 252 g/mol. The molecule has 1 rings (SSSR count). The summed E-state index contributed by atoms with van der Waals surface area (Å²) < 4.78 is 0. The van der Waals surface area contributed by atoms with Gasteiger partial charge in [-0.15, -0.1) is 0 Å². The molecule has 1 aromatic rings. The number of hydrogen-bond acceptors (Lipinski definition) is 5. The van der Waals surface area contributed by atoms with Crippen molar-refractivity contribution in [3.63, 3.8) is 0 Å². The molecule has 0 aromatic heterocycles. The predicted molar refractivity (Wildman–Crippen MR) is 67.4 cm³/mol. The Hall–Kier alpha value is -1.99. The second kappa shape index (κ2) is 6.81. The number of aliphatic hydroxyl groups excluding tert-OH is 2. The molecule has 1 amide bonds. The van der Waals surface area contributed by atoms with Gasteiger partial charge in [-0.25, -0.2) is 0 Å². The molecule has 7 nitrogen and oxygen atoms in total. The zero-order chi connectivity index (χ0) is 14.4. The molecule has 0 fully saturated rings. The number of carbonyl (C=O) groups is 1. The number of nitro benzene ring substituents is 1. The van der Waals surface area contributed by atoms with E-state index >= 15 is 0 Å². The molecule has 19 heavy (non-hydrogen) atoms. The van der Waals surface area contributed by atoms with E-state index in [9.17, 15) is 25.1 Å². The van der Waals surface area contributed by atoms with Crippen LogP contribution < -0.4 is 5.32 Å². The van der Waals surface area contributed by atoms with E-state index in [4.69, 9.17) is 0 Å². The van der Waals surface area contributed by atoms with Gasteiger partial charge in [-0.05, 0) is 12.0 Å². The molecule has 0 aliphatic rings. The van der Waals surface area contributed by atoms with E-state index in [0.717, 1.165) is 0 Å². The number of nitro groups is 1. The van der Waals surface area contributed by atoms with Crippen LogP contribution in [0.3, 0.4) is 0 Å². The fourth-order valence-electron chi connectivity index (χ4n) is 1.60. The first-order valence-electron chi connectivity index (χ1n) is 5.76. The van der Waals surface area contributed by atoms with Gasteiger partial charge in [0, 0.05) is 25.6 Å². The van der Waals surface area contributed by atoms with Crippen molar-refractivity contribution in [2.24, 2.45) is 0 Å². The Kier molecular flexibility index (Phi) is 5.40. The lowest BCUT2D eigenvalue weighted by Crippen LogP contribution is -2.27. The quantitative estimate of drug-likeness (QED) is 0.514. The number of carbonyl (C=O) groups excluding carboxylic acids is 1. The van der Waals surface area contributed by atoms with Crippen molar-refractivity contribution in [3.8, 4) is 0 Å². The van der Waals surface area contributed by atoms with Gasteiger partial charge in [0.2, 0.25) is 5.91 Å². The number of amides is 1. The number of nitrogens with zero attached hydrogens (tertiary/aromatic N) is 1. The molecule has 7 heteroatoms. The summed E-state index contributed by atoms with van der Waals surface area (Å²) in [7, 11) is 0. The highest BCUT2D eigenvalue weighted by molar-refractivity contribution is 5.72. The van der Waals surface area contributed by atoms with Gasteiger partial charge in [0.25, 0.3) is 5.69 Å². The molecule has 2 atom stereocenters. The average Bonchev–Trinajstić information content (AvgIpc) is 2.37. The zero-order valence-corrected chi connectivity index (χ0v) is 10.4. The van der Waals surface area contributed by atoms with Gasteiger partial charge in [0.1, 0.15) is 6.10 Å². The van der Waals surface area contributed by atoms with Crippen molar-refractivity contribution in [2.45, 2.75) is 25.6 Å². The molecule has 0 spiro atoms. The Labute approximate surface area is 110 Å². The lowest BCUT2D eigenvalue weighted by Gasteiger charge is -2.18. The summed E-state index contributed by atoms with van der Waals surface area (Å²) in [6.07, 6.45) is -2.17. The normalized spacial score (nSPS) is 13.6. The van der Waals surface area contributed by atoms with Crippen LogP contribution in [0.4, 0.5) is 5.69 Å². The van der Waals surface area contributed by atoms with E-state index in [2.05, 4.69) is 5.32 Å². The van der Waals surface area contributed by atoms with Crippen LogP contribution in [0.15, 0.2) is 24.3 Å². The fraction of sp³-hybridized carbons (Fsp3) is 0.417. The molecule has 0 saturated carbocycles. The molecule has 0 bridgehead atoms. The van der Waals surface area contributed by atoms with Crippen molar-refractivity contribution in [1.29, 1.82) is 0 Å². The lowest BCUT2D eigenvalue weighted by molar-refractivity contribution is -0.385. The molecule has 1 aromatic carbocycles. The maximum absolute atomic E-state index is 10.7. The Morgan fingerprint density at radius 1 is 1.47 bits per heavy atom. The number of benzene rings is 1. The van der Waals surface area contributed by atoms with Crippen LogP contribution in [-0.4, -0.2) is 33.7 Å². The van der Waals surface area contributed by atoms with Crippen LogP contribution >= 0.6 is 0 Å². The summed E-state index contributed by atoms with van der Waals surface area (Å²) >= 11 is 0. The van der Waals surface area contributed by atoms with Crippen molar-refractivity contribution in [2.75, 3.05) is 6.54 Å². The number of nitrogens with one attached hydrogen (secondary N) is 1. The highest BCUT2D eigenvalue weighted by Gasteiger charge is 2.20. The van der Waals surface area contributed by atoms with Crippen molar-refractivity contribution in [3.05, 3.63) is 39.9 Å². The molecule has 0 heterocycles. The third-order valence-corrected chi connectivity index (χ3v) is 2.60. The molecule has 0 saturated heterocycles. The van der Waals surface area contributed by atoms with E-state index in [1.54, 1.807) is 0 Å². The first kappa shape index (κ1) is 15.1. The SMILES string of the molecule is CC(=O)NCCC(O)C(O)c1cccc([N+](=O)[O-])c1. The van der Waals surface area contributed by atoms with Gasteiger partial charge >= 0.3 is 0 Å². The molecule has 2 unspecified atom stereocenters. The van der Waals surface area contributed by atoms with E-state index in [0.29, 0.717) is 0 Å². The summed E-state index contributed by atoms with van der Waals surface area (Å²) in [5.74, 6) is -0.225. The minimum atomic E-state index is -1.23. The van der Waals surface area contributed by atoms with Crippen LogP contribution in [-0.2, 0) is 4.79 Å². The van der Waals surface area contributed by atoms with Crippen LogP contribution in [0, 0.1) is 10.1 Å². The predicted octanol–water partition coefficient (Wildman–Crippen LogP) is 0.515. The third kappa shape index (κ3) is 4.65. The molecule has 3 N–H and O–H groups in total. The third-order valence-electron chi connectivity index (χ3n) is 2.60. The maximum Gasteiger partial charge on any atom is 0.269 e. The second-order valence-corrected chi connectivity index (χ2v) is 4.14. The van der Waals surface area contributed by atoms with Crippen LogP contribution in [0.2, 0.25) is 0 Å². The fourth-order valence-corrected chi connectivity index (χ4v) is 1.60. The van der Waals surface area contributed by atoms with Gasteiger partial charge in [-0.2, -0.15) is 0 Å². The second-order valence-electron chi connectivity index (χ2n) is 4.14. The summed E-state index contributed by atoms with van der Waals surface area (Å²) in [5.41, 5.74) is 0.120. The van der Waals surface area contributed by atoms with E-state index in [1.807, 2.05) is 0 Å². The Bertz CT molecular complexity index is 463. The standard InChI is InChI=1S/C12H16N2O5/c1-8(15)13-6-5-11(16)12(17)9-3-2-4-10(7-9)14(18)19/h2-4,7,11-12,16-17H,5-6H2,1H3,(H,13,15). The minimum Gasteiger partial charge on any atom is -0.390 e.